The second-order valence-electron chi connectivity index (χ2n) is 15.4. The van der Waals surface area contributed by atoms with Gasteiger partial charge in [-0.25, -0.2) is 13.8 Å². The van der Waals surface area contributed by atoms with E-state index in [9.17, 15) is 13.2 Å². The summed E-state index contributed by atoms with van der Waals surface area (Å²) in [5.74, 6) is 2.32. The Balaban J connectivity index is 1.16. The molecule has 53 heavy (non-hydrogen) atoms. The number of fused-ring (bicyclic) bond motifs is 2. The molecule has 4 heterocycles. The minimum atomic E-state index is -4.64. The quantitative estimate of drug-likeness (QED) is 0.141. The van der Waals surface area contributed by atoms with Crippen LogP contribution in [0.1, 0.15) is 63.6 Å². The predicted molar refractivity (Wildman–Crippen MR) is 192 cm³/mol. The van der Waals surface area contributed by atoms with Crippen molar-refractivity contribution in [2.75, 3.05) is 38.1 Å². The Hall–Kier alpha value is -4.12. The molecule has 0 bridgehead atoms. The van der Waals surface area contributed by atoms with Crippen LogP contribution >= 0.6 is 0 Å². The van der Waals surface area contributed by atoms with Gasteiger partial charge >= 0.3 is 12.4 Å². The number of halogens is 5. The van der Waals surface area contributed by atoms with Crippen molar-refractivity contribution in [2.45, 2.75) is 83.3 Å². The Bertz CT molecular complexity index is 2070. The number of likely N-dealkylation sites (tertiary alicyclic amines) is 1. The number of hydrogen-bond donors (Lipinski definition) is 2. The molecule has 13 heteroatoms. The second-order valence-corrected chi connectivity index (χ2v) is 15.4. The van der Waals surface area contributed by atoms with E-state index in [2.05, 4.69) is 40.0 Å². The third kappa shape index (κ3) is 7.38. The molecule has 2 N–H and O–H groups in total. The average Bonchev–Trinajstić information content (AvgIpc) is 4.07. The maximum Gasteiger partial charge on any atom is 0.522 e. The fourth-order valence-electron chi connectivity index (χ4n) is 8.36. The third-order valence-electron chi connectivity index (χ3n) is 11.6. The zero-order valence-corrected chi connectivity index (χ0v) is 29.8. The Morgan fingerprint density at radius 1 is 1.06 bits per heavy atom. The van der Waals surface area contributed by atoms with Gasteiger partial charge in [-0.15, -0.1) is 19.6 Å². The van der Waals surface area contributed by atoms with Crippen LogP contribution in [-0.4, -0.2) is 77.2 Å². The zero-order valence-electron chi connectivity index (χ0n) is 29.8. The first-order chi connectivity index (χ1) is 25.4. The van der Waals surface area contributed by atoms with Crippen LogP contribution in [0.5, 0.6) is 6.01 Å². The van der Waals surface area contributed by atoms with Gasteiger partial charge in [0.2, 0.25) is 0 Å². The first kappa shape index (κ1) is 35.9. The summed E-state index contributed by atoms with van der Waals surface area (Å²) in [5, 5.41) is 8.83. The Morgan fingerprint density at radius 2 is 1.85 bits per heavy atom. The highest BCUT2D eigenvalue weighted by Crippen LogP contribution is 2.47. The smallest absolute Gasteiger partial charge is 0.463 e. The van der Waals surface area contributed by atoms with Crippen molar-refractivity contribution in [3.63, 3.8) is 0 Å². The van der Waals surface area contributed by atoms with Gasteiger partial charge in [-0.3, -0.25) is 4.74 Å². The Morgan fingerprint density at radius 3 is 2.57 bits per heavy atom. The lowest BCUT2D eigenvalue weighted by molar-refractivity contribution is -0.345. The van der Waals surface area contributed by atoms with Gasteiger partial charge in [-0.05, 0) is 68.2 Å². The van der Waals surface area contributed by atoms with Crippen LogP contribution in [0.2, 0.25) is 0 Å². The molecule has 2 aromatic heterocycles. The van der Waals surface area contributed by atoms with E-state index in [0.29, 0.717) is 90.6 Å². The number of nitrogens with zero attached hydrogens (tertiary/aromatic N) is 4. The van der Waals surface area contributed by atoms with Crippen molar-refractivity contribution in [3.8, 4) is 29.6 Å². The minimum Gasteiger partial charge on any atom is -0.463 e. The lowest BCUT2D eigenvalue weighted by Crippen LogP contribution is -2.42. The van der Waals surface area contributed by atoms with Gasteiger partial charge in [0.05, 0.1) is 29.4 Å². The highest BCUT2D eigenvalue weighted by atomic mass is 19.4. The van der Waals surface area contributed by atoms with Gasteiger partial charge in [-0.2, -0.15) is 9.97 Å². The van der Waals surface area contributed by atoms with Crippen LogP contribution < -0.4 is 15.4 Å². The normalized spacial score (nSPS) is 24.6. The Labute approximate surface area is 305 Å². The number of nitrogens with one attached hydrogen (secondary N) is 2. The lowest BCUT2D eigenvalue weighted by Gasteiger charge is -2.34. The number of pyridine rings is 1. The molecule has 2 aliphatic carbocycles. The summed E-state index contributed by atoms with van der Waals surface area (Å²) in [6, 6.07) is 8.80. The molecule has 8 rings (SSSR count). The summed E-state index contributed by atoms with van der Waals surface area (Å²) in [5.41, 5.74) is 0.948. The molecular formula is C40H43F5N6O2. The van der Waals surface area contributed by atoms with Crippen molar-refractivity contribution in [2.24, 2.45) is 17.3 Å². The molecule has 280 valence electrons. The molecule has 4 aliphatic rings. The fourth-order valence-corrected chi connectivity index (χ4v) is 8.36. The number of hydrogen-bond acceptors (Lipinski definition) is 8. The molecule has 3 fully saturated rings. The number of aromatic nitrogens is 3. The van der Waals surface area contributed by atoms with Gasteiger partial charge in [0.15, 0.2) is 5.82 Å². The van der Waals surface area contributed by atoms with Crippen molar-refractivity contribution >= 4 is 27.5 Å². The highest BCUT2D eigenvalue weighted by molar-refractivity contribution is 6.02. The molecule has 4 atom stereocenters. The molecule has 1 unspecified atom stereocenters. The minimum absolute atomic E-state index is 0.0191. The average molecular weight is 735 g/mol. The van der Waals surface area contributed by atoms with Gasteiger partial charge < -0.3 is 20.3 Å². The predicted octanol–water partition coefficient (Wildman–Crippen LogP) is 7.63. The third-order valence-corrected chi connectivity index (χ3v) is 11.6. The van der Waals surface area contributed by atoms with Crippen molar-refractivity contribution in [1.29, 1.82) is 0 Å². The number of piperidine rings is 1. The first-order valence-corrected chi connectivity index (χ1v) is 18.6. The number of alkyl halides is 3. The largest absolute Gasteiger partial charge is 0.522 e. The van der Waals surface area contributed by atoms with E-state index in [1.165, 1.54) is 6.07 Å². The van der Waals surface area contributed by atoms with E-state index in [1.807, 2.05) is 6.07 Å². The van der Waals surface area contributed by atoms with Gasteiger partial charge in [0, 0.05) is 54.6 Å². The van der Waals surface area contributed by atoms with Crippen LogP contribution in [0.3, 0.4) is 0 Å². The summed E-state index contributed by atoms with van der Waals surface area (Å²) in [7, 11) is 0. The van der Waals surface area contributed by atoms with E-state index < -0.39 is 24.1 Å². The van der Waals surface area contributed by atoms with Crippen molar-refractivity contribution < 1.29 is 31.4 Å². The molecule has 2 aliphatic heterocycles. The molecule has 2 saturated carbocycles. The van der Waals surface area contributed by atoms with Crippen LogP contribution in [0.25, 0.3) is 32.9 Å². The van der Waals surface area contributed by atoms with E-state index in [4.69, 9.17) is 26.1 Å². The lowest BCUT2D eigenvalue weighted by atomic mass is 9.94. The molecule has 8 nitrogen and oxygen atoms in total. The fraction of sp³-hybridized carbons (Fsp3) is 0.525. The summed E-state index contributed by atoms with van der Waals surface area (Å²) >= 11 is 0. The van der Waals surface area contributed by atoms with Crippen molar-refractivity contribution in [1.82, 2.24) is 25.2 Å². The monoisotopic (exact) mass is 734 g/mol. The standard InChI is InChI=1S/C40H43F5N6O2/c1-4-24-19-46-37-33-31(17-22(3)28-18-30(28)47-24)48-35(27-8-6-7-23-9-10-29(41)26(5-2)32(23)27)34(42)36(33)49-38(50-37)52-21-39(13-14-39)20-51-15-11-25(12-16-51)53-40(43,44)45/h2,6-10,22,24-25,28,30,47H,4,11-21H2,1,3H3,(H,46,49,50)/t22-,24+,28?,30-/m0/s1. The molecule has 4 aromatic rings. The van der Waals surface area contributed by atoms with Crippen molar-refractivity contribution in [3.05, 3.63) is 53.2 Å². The maximum atomic E-state index is 17.2. The number of terminal acetylenes is 1. The molecule has 0 radical (unpaired) electrons. The van der Waals surface area contributed by atoms with Gasteiger partial charge in [-0.1, -0.05) is 44.0 Å². The van der Waals surface area contributed by atoms with Crippen LogP contribution in [-0.2, 0) is 11.2 Å². The first-order valence-electron chi connectivity index (χ1n) is 18.6. The summed E-state index contributed by atoms with van der Waals surface area (Å²) in [6.07, 6.45) is 5.20. The summed E-state index contributed by atoms with van der Waals surface area (Å²) in [6.45, 7) is 6.81. The number of anilines is 1. The SMILES string of the molecule is C#Cc1c(F)ccc2cccc(-c3nc4c5c(nc(OCC6(CN7CCC(OC(F)(F)F)CC7)CC6)nc5c3F)NC[C@@H](CC)N[C@H]3CC3[C@@H](C)C4)c12. The Kier molecular flexibility index (Phi) is 9.44. The summed E-state index contributed by atoms with van der Waals surface area (Å²) < 4.78 is 81.1. The van der Waals surface area contributed by atoms with Crippen LogP contribution in [0, 0.1) is 41.2 Å². The molecular weight excluding hydrogens is 691 g/mol. The van der Waals surface area contributed by atoms with E-state index in [1.54, 1.807) is 18.2 Å². The van der Waals surface area contributed by atoms with Crippen LogP contribution in [0.4, 0.5) is 27.8 Å². The molecule has 1 saturated heterocycles. The topological polar surface area (TPSA) is 84.4 Å². The molecule has 0 spiro atoms. The van der Waals surface area contributed by atoms with E-state index in [0.717, 1.165) is 25.7 Å². The molecule has 0 amide bonds. The van der Waals surface area contributed by atoms with Crippen LogP contribution in [0.15, 0.2) is 30.3 Å². The van der Waals surface area contributed by atoms with E-state index in [-0.39, 0.29) is 46.8 Å². The van der Waals surface area contributed by atoms with E-state index >= 15 is 8.78 Å². The van der Waals surface area contributed by atoms with Gasteiger partial charge in [0.25, 0.3) is 0 Å². The zero-order chi connectivity index (χ0) is 37.1. The summed E-state index contributed by atoms with van der Waals surface area (Å²) in [4.78, 5) is 16.7. The second kappa shape index (κ2) is 13.9. The maximum absolute atomic E-state index is 17.2. The molecule has 2 aromatic carbocycles. The highest BCUT2D eigenvalue weighted by Gasteiger charge is 2.46. The number of benzene rings is 2. The number of ether oxygens (including phenoxy) is 2. The number of rotatable bonds is 8. The van der Waals surface area contributed by atoms with Gasteiger partial charge in [0.1, 0.15) is 22.8 Å².